The number of aliphatic imine (C=N–C) groups is 1. The van der Waals surface area contributed by atoms with Crippen molar-refractivity contribution in [1.82, 2.24) is 20.9 Å². The van der Waals surface area contributed by atoms with E-state index < -0.39 is 11.7 Å². The number of amides is 1. The number of alkyl carbamates (subject to hydrolysis) is 1. The number of carbonyl (C=O) groups excluding carboxylic acids is 1. The number of ether oxygens (including phenoxy) is 1. The topological polar surface area (TPSA) is 78.0 Å². The molecular formula is C19H33ClIN5O2. The average molecular weight is 526 g/mol. The van der Waals surface area contributed by atoms with E-state index in [9.17, 15) is 4.79 Å². The van der Waals surface area contributed by atoms with Gasteiger partial charge in [-0.3, -0.25) is 4.99 Å². The molecule has 0 aliphatic heterocycles. The molecule has 0 aromatic heterocycles. The summed E-state index contributed by atoms with van der Waals surface area (Å²) in [5.41, 5.74) is 0.664. The Bertz CT molecular complexity index is 618. The van der Waals surface area contributed by atoms with E-state index in [-0.39, 0.29) is 30.0 Å². The van der Waals surface area contributed by atoms with E-state index in [1.54, 1.807) is 7.05 Å². The fraction of sp³-hybridized carbons (Fsp3) is 0.579. The number of halogens is 2. The zero-order chi connectivity index (χ0) is 20.4. The molecule has 160 valence electrons. The molecule has 7 nitrogen and oxygen atoms in total. The monoisotopic (exact) mass is 525 g/mol. The summed E-state index contributed by atoms with van der Waals surface area (Å²) in [4.78, 5) is 18.0. The van der Waals surface area contributed by atoms with Gasteiger partial charge in [0.05, 0.1) is 6.04 Å². The molecule has 1 rings (SSSR count). The fourth-order valence-electron chi connectivity index (χ4n) is 2.36. The van der Waals surface area contributed by atoms with Gasteiger partial charge in [-0.05, 0) is 52.6 Å². The van der Waals surface area contributed by atoms with Crippen LogP contribution < -0.4 is 16.0 Å². The highest BCUT2D eigenvalue weighted by Crippen LogP contribution is 2.19. The van der Waals surface area contributed by atoms with Gasteiger partial charge in [0.2, 0.25) is 0 Å². The van der Waals surface area contributed by atoms with Crippen LogP contribution in [0.25, 0.3) is 0 Å². The Kier molecular flexibility index (Phi) is 12.5. The van der Waals surface area contributed by atoms with Crippen LogP contribution in [0.2, 0.25) is 5.02 Å². The van der Waals surface area contributed by atoms with Gasteiger partial charge < -0.3 is 25.6 Å². The molecule has 0 spiro atoms. The first kappa shape index (κ1) is 26.7. The van der Waals surface area contributed by atoms with Crippen molar-refractivity contribution in [3.05, 3.63) is 34.9 Å². The summed E-state index contributed by atoms with van der Waals surface area (Å²) in [7, 11) is 5.77. The Hall–Kier alpha value is -1.26. The third kappa shape index (κ3) is 10.9. The standard InChI is InChI=1S/C19H32ClN5O2.HI/c1-19(2,3)27-18(26)23-12-11-22-17(21-4)24-13-16(25(5)6)14-7-9-15(20)10-8-14;/h7-10,16H,11-13H2,1-6H3,(H,23,26)(H2,21,22,24);1H. The van der Waals surface area contributed by atoms with E-state index in [4.69, 9.17) is 16.3 Å². The minimum Gasteiger partial charge on any atom is -0.444 e. The lowest BCUT2D eigenvalue weighted by molar-refractivity contribution is 0.0529. The number of carbonyl (C=O) groups is 1. The van der Waals surface area contributed by atoms with Crippen molar-refractivity contribution in [3.8, 4) is 0 Å². The molecule has 1 unspecified atom stereocenters. The smallest absolute Gasteiger partial charge is 0.407 e. The van der Waals surface area contributed by atoms with Crippen LogP contribution in [0.1, 0.15) is 32.4 Å². The Morgan fingerprint density at radius 2 is 1.71 bits per heavy atom. The van der Waals surface area contributed by atoms with Gasteiger partial charge in [-0.25, -0.2) is 4.79 Å². The summed E-state index contributed by atoms with van der Waals surface area (Å²) in [5.74, 6) is 0.668. The van der Waals surface area contributed by atoms with Gasteiger partial charge in [-0.15, -0.1) is 24.0 Å². The van der Waals surface area contributed by atoms with Gasteiger partial charge in [0.25, 0.3) is 0 Å². The second-order valence-electron chi connectivity index (χ2n) is 7.34. The number of likely N-dealkylation sites (N-methyl/N-ethyl adjacent to an activating group) is 1. The van der Waals surface area contributed by atoms with Crippen LogP contribution in [0, 0.1) is 0 Å². The fourth-order valence-corrected chi connectivity index (χ4v) is 2.48. The summed E-state index contributed by atoms with van der Waals surface area (Å²) >= 11 is 5.98. The van der Waals surface area contributed by atoms with Crippen LogP contribution >= 0.6 is 35.6 Å². The summed E-state index contributed by atoms with van der Waals surface area (Å²) in [6.45, 7) is 7.14. The highest BCUT2D eigenvalue weighted by Gasteiger charge is 2.16. The van der Waals surface area contributed by atoms with Crippen molar-refractivity contribution in [2.24, 2.45) is 4.99 Å². The second-order valence-corrected chi connectivity index (χ2v) is 7.78. The maximum atomic E-state index is 11.6. The van der Waals surface area contributed by atoms with Gasteiger partial charge in [0.1, 0.15) is 5.60 Å². The highest BCUT2D eigenvalue weighted by atomic mass is 127. The maximum absolute atomic E-state index is 11.6. The minimum absolute atomic E-state index is 0. The zero-order valence-electron chi connectivity index (χ0n) is 17.5. The SMILES string of the molecule is CN=C(NCCNC(=O)OC(C)(C)C)NCC(c1ccc(Cl)cc1)N(C)C.I. The van der Waals surface area contributed by atoms with E-state index in [0.29, 0.717) is 25.6 Å². The lowest BCUT2D eigenvalue weighted by atomic mass is 10.1. The van der Waals surface area contributed by atoms with E-state index in [1.165, 1.54) is 5.56 Å². The Morgan fingerprint density at radius 1 is 1.14 bits per heavy atom. The number of hydrogen-bond acceptors (Lipinski definition) is 4. The largest absolute Gasteiger partial charge is 0.444 e. The maximum Gasteiger partial charge on any atom is 0.407 e. The number of hydrogen-bond donors (Lipinski definition) is 3. The number of rotatable bonds is 7. The van der Waals surface area contributed by atoms with Crippen LogP contribution in [-0.2, 0) is 4.74 Å². The molecule has 0 heterocycles. The molecule has 0 saturated carbocycles. The Morgan fingerprint density at radius 3 is 2.21 bits per heavy atom. The highest BCUT2D eigenvalue weighted by molar-refractivity contribution is 14.0. The molecule has 9 heteroatoms. The van der Waals surface area contributed by atoms with Crippen molar-refractivity contribution < 1.29 is 9.53 Å². The molecule has 0 bridgehead atoms. The van der Waals surface area contributed by atoms with E-state index >= 15 is 0 Å². The normalized spacial score (nSPS) is 12.8. The summed E-state index contributed by atoms with van der Waals surface area (Å²) < 4.78 is 5.20. The molecule has 3 N–H and O–H groups in total. The molecule has 0 fully saturated rings. The van der Waals surface area contributed by atoms with Crippen LogP contribution in [-0.4, -0.2) is 63.3 Å². The van der Waals surface area contributed by atoms with Crippen molar-refractivity contribution in [1.29, 1.82) is 0 Å². The average Bonchev–Trinajstić information content (AvgIpc) is 2.56. The van der Waals surface area contributed by atoms with Gasteiger partial charge >= 0.3 is 6.09 Å². The lowest BCUT2D eigenvalue weighted by Crippen LogP contribution is -2.44. The first-order chi connectivity index (χ1) is 12.6. The van der Waals surface area contributed by atoms with Gasteiger partial charge in [0.15, 0.2) is 5.96 Å². The Balaban J connectivity index is 0.00000729. The van der Waals surface area contributed by atoms with Crippen molar-refractivity contribution in [2.75, 3.05) is 40.8 Å². The first-order valence-electron chi connectivity index (χ1n) is 8.95. The lowest BCUT2D eigenvalue weighted by Gasteiger charge is -2.26. The molecule has 1 aromatic carbocycles. The van der Waals surface area contributed by atoms with Crippen molar-refractivity contribution in [3.63, 3.8) is 0 Å². The van der Waals surface area contributed by atoms with Crippen LogP contribution in [0.5, 0.6) is 0 Å². The molecule has 0 radical (unpaired) electrons. The number of guanidine groups is 1. The predicted molar refractivity (Wildman–Crippen MR) is 127 cm³/mol. The van der Waals surface area contributed by atoms with Crippen molar-refractivity contribution in [2.45, 2.75) is 32.4 Å². The molecule has 1 atom stereocenters. The van der Waals surface area contributed by atoms with Crippen molar-refractivity contribution >= 4 is 47.6 Å². The number of benzene rings is 1. The van der Waals surface area contributed by atoms with E-state index in [2.05, 4.69) is 25.8 Å². The molecule has 1 amide bonds. The molecule has 0 saturated heterocycles. The molecule has 0 aliphatic rings. The van der Waals surface area contributed by atoms with E-state index in [1.807, 2.05) is 59.1 Å². The summed E-state index contributed by atoms with van der Waals surface area (Å²) in [5, 5.41) is 9.91. The summed E-state index contributed by atoms with van der Waals surface area (Å²) in [6, 6.07) is 8.00. The minimum atomic E-state index is -0.502. The third-order valence-electron chi connectivity index (χ3n) is 3.65. The number of nitrogens with zero attached hydrogens (tertiary/aromatic N) is 2. The first-order valence-corrected chi connectivity index (χ1v) is 9.33. The molecule has 1 aromatic rings. The molecule has 0 aliphatic carbocycles. The predicted octanol–water partition coefficient (Wildman–Crippen LogP) is 3.25. The van der Waals surface area contributed by atoms with Gasteiger partial charge in [0, 0.05) is 31.7 Å². The van der Waals surface area contributed by atoms with Gasteiger partial charge in [-0.2, -0.15) is 0 Å². The number of nitrogens with one attached hydrogen (secondary N) is 3. The van der Waals surface area contributed by atoms with Crippen LogP contribution in [0.3, 0.4) is 0 Å². The summed E-state index contributed by atoms with van der Waals surface area (Å²) in [6.07, 6.45) is -0.428. The zero-order valence-corrected chi connectivity index (χ0v) is 20.6. The second kappa shape index (κ2) is 13.1. The van der Waals surface area contributed by atoms with Gasteiger partial charge in [-0.1, -0.05) is 23.7 Å². The van der Waals surface area contributed by atoms with E-state index in [0.717, 1.165) is 5.02 Å². The van der Waals surface area contributed by atoms with Crippen LogP contribution in [0.15, 0.2) is 29.3 Å². The molecular weight excluding hydrogens is 493 g/mol. The molecule has 28 heavy (non-hydrogen) atoms. The quantitative estimate of drug-likeness (QED) is 0.220. The van der Waals surface area contributed by atoms with Crippen LogP contribution in [0.4, 0.5) is 4.79 Å². The Labute approximate surface area is 190 Å². The third-order valence-corrected chi connectivity index (χ3v) is 3.90.